The lowest BCUT2D eigenvalue weighted by atomic mass is 10.2. The first kappa shape index (κ1) is 14.9. The summed E-state index contributed by atoms with van der Waals surface area (Å²) in [7, 11) is 1.79. The van der Waals surface area contributed by atoms with Crippen molar-refractivity contribution in [2.45, 2.75) is 13.1 Å². The van der Waals surface area contributed by atoms with Gasteiger partial charge < -0.3 is 19.0 Å². The highest BCUT2D eigenvalue weighted by molar-refractivity contribution is 5.95. The van der Waals surface area contributed by atoms with E-state index in [9.17, 15) is 9.59 Å². The van der Waals surface area contributed by atoms with Crippen molar-refractivity contribution in [1.82, 2.24) is 24.6 Å². The molecule has 126 valence electrons. The summed E-state index contributed by atoms with van der Waals surface area (Å²) in [6, 6.07) is 0. The maximum Gasteiger partial charge on any atom is 0.291 e. The highest BCUT2D eigenvalue weighted by Crippen LogP contribution is 2.27. The predicted octanol–water partition coefficient (Wildman–Crippen LogP) is 0.0365. The minimum Gasteiger partial charge on any atom is -0.438 e. The number of aromatic nitrogens is 3. The molecule has 2 amide bonds. The zero-order valence-electron chi connectivity index (χ0n) is 13.3. The minimum absolute atomic E-state index is 0.107. The molecule has 0 aliphatic carbocycles. The zero-order valence-corrected chi connectivity index (χ0v) is 13.3. The summed E-state index contributed by atoms with van der Waals surface area (Å²) in [5.74, 6) is -0.158. The third-order valence-corrected chi connectivity index (χ3v) is 4.40. The lowest BCUT2D eigenvalue weighted by molar-refractivity contribution is 0.0297. The number of hydrogen-bond donors (Lipinski definition) is 0. The summed E-state index contributed by atoms with van der Waals surface area (Å²) < 4.78 is 12.0. The normalized spacial score (nSPS) is 17.2. The molecule has 0 N–H and O–H groups in total. The number of ether oxygens (including phenoxy) is 1. The lowest BCUT2D eigenvalue weighted by Gasteiger charge is -2.26. The van der Waals surface area contributed by atoms with E-state index in [0.717, 1.165) is 11.3 Å². The number of carbonyl (C=O) groups is 2. The van der Waals surface area contributed by atoms with Gasteiger partial charge in [-0.15, -0.1) is 0 Å². The molecule has 0 radical (unpaired) electrons. The maximum absolute atomic E-state index is 12.7. The highest BCUT2D eigenvalue weighted by atomic mass is 16.5. The van der Waals surface area contributed by atoms with Gasteiger partial charge in [-0.05, 0) is 0 Å². The van der Waals surface area contributed by atoms with E-state index in [2.05, 4.69) is 10.1 Å². The molecule has 0 spiro atoms. The molecule has 2 aliphatic heterocycles. The second-order valence-corrected chi connectivity index (χ2v) is 5.83. The predicted molar refractivity (Wildman–Crippen MR) is 80.0 cm³/mol. The summed E-state index contributed by atoms with van der Waals surface area (Å²) in [4.78, 5) is 32.3. The average molecular weight is 331 g/mol. The number of hydrogen-bond acceptors (Lipinski definition) is 6. The monoisotopic (exact) mass is 331 g/mol. The largest absolute Gasteiger partial charge is 0.438 e. The van der Waals surface area contributed by atoms with Crippen molar-refractivity contribution < 1.29 is 18.7 Å². The molecular weight excluding hydrogens is 314 g/mol. The van der Waals surface area contributed by atoms with E-state index in [4.69, 9.17) is 9.15 Å². The number of aryl methyl sites for hydroxylation is 1. The Labute approximate surface area is 137 Å². The summed E-state index contributed by atoms with van der Waals surface area (Å²) in [5, 5.41) is 4.37. The van der Waals surface area contributed by atoms with E-state index in [1.54, 1.807) is 21.5 Å². The Balaban J connectivity index is 1.58. The summed E-state index contributed by atoms with van der Waals surface area (Å²) >= 11 is 0. The second-order valence-electron chi connectivity index (χ2n) is 5.83. The van der Waals surface area contributed by atoms with Crippen LogP contribution in [0.1, 0.15) is 32.3 Å². The van der Waals surface area contributed by atoms with Crippen molar-refractivity contribution in [1.29, 1.82) is 0 Å². The fourth-order valence-corrected chi connectivity index (χ4v) is 3.10. The number of rotatable bonds is 2. The summed E-state index contributed by atoms with van der Waals surface area (Å²) in [6.45, 7) is 2.94. The number of amides is 2. The Morgan fingerprint density at radius 2 is 1.92 bits per heavy atom. The smallest absolute Gasteiger partial charge is 0.291 e. The van der Waals surface area contributed by atoms with Gasteiger partial charge in [-0.2, -0.15) is 5.10 Å². The molecule has 0 bridgehead atoms. The van der Waals surface area contributed by atoms with Crippen molar-refractivity contribution in [3.05, 3.63) is 35.3 Å². The van der Waals surface area contributed by atoms with E-state index in [1.807, 2.05) is 0 Å². The van der Waals surface area contributed by atoms with Crippen LogP contribution in [-0.2, 0) is 24.9 Å². The Hall–Kier alpha value is -2.68. The Morgan fingerprint density at radius 1 is 1.12 bits per heavy atom. The van der Waals surface area contributed by atoms with Crippen LogP contribution in [0.4, 0.5) is 0 Å². The lowest BCUT2D eigenvalue weighted by Crippen LogP contribution is -2.41. The molecule has 0 aromatic carbocycles. The van der Waals surface area contributed by atoms with Crippen LogP contribution in [0, 0.1) is 0 Å². The van der Waals surface area contributed by atoms with Gasteiger partial charge >= 0.3 is 0 Å². The molecule has 0 atom stereocenters. The Morgan fingerprint density at radius 3 is 2.62 bits per heavy atom. The number of oxazole rings is 1. The molecule has 4 rings (SSSR count). The Kier molecular flexibility index (Phi) is 3.57. The molecule has 9 heteroatoms. The fraction of sp³-hybridized carbons (Fsp3) is 0.467. The molecule has 2 aromatic heterocycles. The quantitative estimate of drug-likeness (QED) is 0.771. The van der Waals surface area contributed by atoms with Gasteiger partial charge in [0.05, 0.1) is 38.2 Å². The zero-order chi connectivity index (χ0) is 16.7. The molecule has 4 heterocycles. The summed E-state index contributed by atoms with van der Waals surface area (Å²) in [6.07, 6.45) is 2.62. The molecule has 2 aliphatic rings. The third kappa shape index (κ3) is 2.37. The molecule has 0 unspecified atom stereocenters. The van der Waals surface area contributed by atoms with Crippen LogP contribution in [0.15, 0.2) is 17.0 Å². The minimum atomic E-state index is -0.242. The van der Waals surface area contributed by atoms with E-state index in [0.29, 0.717) is 45.1 Å². The van der Waals surface area contributed by atoms with Crippen LogP contribution >= 0.6 is 0 Å². The number of carbonyl (C=O) groups excluding carboxylic acids is 2. The van der Waals surface area contributed by atoms with Gasteiger partial charge in [-0.1, -0.05) is 0 Å². The van der Waals surface area contributed by atoms with E-state index < -0.39 is 0 Å². The van der Waals surface area contributed by atoms with Crippen LogP contribution in [0.3, 0.4) is 0 Å². The van der Waals surface area contributed by atoms with E-state index in [-0.39, 0.29) is 17.6 Å². The molecule has 9 nitrogen and oxygen atoms in total. The van der Waals surface area contributed by atoms with Gasteiger partial charge in [0.15, 0.2) is 12.1 Å². The number of nitrogens with zero attached hydrogens (tertiary/aromatic N) is 5. The van der Waals surface area contributed by atoms with Crippen molar-refractivity contribution >= 4 is 11.8 Å². The standard InChI is InChI=1S/C15H17N5O4/c1-18-11-8-20(14(21)12-6-16-9-24-12)7-10(11)13(17-18)15(22)19-2-4-23-5-3-19/h6,9H,2-5,7-8H2,1H3. The van der Waals surface area contributed by atoms with Gasteiger partial charge in [0.25, 0.3) is 11.8 Å². The van der Waals surface area contributed by atoms with Gasteiger partial charge in [-0.25, -0.2) is 4.98 Å². The highest BCUT2D eigenvalue weighted by Gasteiger charge is 2.35. The number of morpholine rings is 1. The average Bonchev–Trinajstić information content (AvgIpc) is 3.33. The summed E-state index contributed by atoms with van der Waals surface area (Å²) in [5.41, 5.74) is 2.10. The van der Waals surface area contributed by atoms with Crippen LogP contribution in [0.25, 0.3) is 0 Å². The molecule has 2 aromatic rings. The first-order chi connectivity index (χ1) is 11.6. The van der Waals surface area contributed by atoms with Crippen molar-refractivity contribution in [3.8, 4) is 0 Å². The maximum atomic E-state index is 12.7. The topological polar surface area (TPSA) is 93.7 Å². The molecule has 24 heavy (non-hydrogen) atoms. The second kappa shape index (κ2) is 5.75. The van der Waals surface area contributed by atoms with E-state index in [1.165, 1.54) is 12.6 Å². The first-order valence-corrected chi connectivity index (χ1v) is 7.74. The molecular formula is C15H17N5O4. The molecule has 0 saturated carbocycles. The van der Waals surface area contributed by atoms with Gasteiger partial charge in [0, 0.05) is 25.7 Å². The van der Waals surface area contributed by atoms with Crippen LogP contribution in [0.2, 0.25) is 0 Å². The number of fused-ring (bicyclic) bond motifs is 1. The van der Waals surface area contributed by atoms with Crippen LogP contribution < -0.4 is 0 Å². The Bertz CT molecular complexity index is 776. The van der Waals surface area contributed by atoms with E-state index >= 15 is 0 Å². The van der Waals surface area contributed by atoms with Crippen molar-refractivity contribution in [2.24, 2.45) is 7.05 Å². The molecule has 1 fully saturated rings. The SMILES string of the molecule is Cn1nc(C(=O)N2CCOCC2)c2c1CN(C(=O)c1cnco1)C2. The van der Waals surface area contributed by atoms with Gasteiger partial charge in [-0.3, -0.25) is 14.3 Å². The third-order valence-electron chi connectivity index (χ3n) is 4.40. The van der Waals surface area contributed by atoms with Crippen molar-refractivity contribution in [2.75, 3.05) is 26.3 Å². The van der Waals surface area contributed by atoms with Crippen molar-refractivity contribution in [3.63, 3.8) is 0 Å². The van der Waals surface area contributed by atoms with Gasteiger partial charge in [0.2, 0.25) is 5.76 Å². The van der Waals surface area contributed by atoms with Gasteiger partial charge in [0.1, 0.15) is 0 Å². The van der Waals surface area contributed by atoms with Crippen LogP contribution in [0.5, 0.6) is 0 Å². The fourth-order valence-electron chi connectivity index (χ4n) is 3.10. The molecule has 1 saturated heterocycles. The first-order valence-electron chi connectivity index (χ1n) is 7.74. The van der Waals surface area contributed by atoms with Crippen LogP contribution in [-0.4, -0.2) is 62.7 Å².